The van der Waals surface area contributed by atoms with Crippen LogP contribution in [0.15, 0.2) is 27.5 Å². The molecule has 0 aliphatic carbocycles. The Morgan fingerprint density at radius 3 is 2.61 bits per heavy atom. The van der Waals surface area contributed by atoms with Gasteiger partial charge in [0.1, 0.15) is 16.9 Å². The number of fused-ring (bicyclic) bond motifs is 2. The Balaban J connectivity index is 2.72. The fourth-order valence-electron chi connectivity index (χ4n) is 2.15. The van der Waals surface area contributed by atoms with E-state index in [1.54, 1.807) is 32.2 Å². The molecule has 0 unspecified atom stereocenters. The van der Waals surface area contributed by atoms with Gasteiger partial charge in [0.05, 0.1) is 0 Å². The summed E-state index contributed by atoms with van der Waals surface area (Å²) in [6, 6.07) is 3.33. The van der Waals surface area contributed by atoms with Crippen LogP contribution in [0.5, 0.6) is 11.5 Å². The van der Waals surface area contributed by atoms with Gasteiger partial charge in [0.25, 0.3) is 5.56 Å². The highest BCUT2D eigenvalue weighted by atomic mass is 16.3. The maximum absolute atomic E-state index is 12.2. The number of phenolic OH excluding ortho intramolecular Hbond substituents is 2. The van der Waals surface area contributed by atoms with Gasteiger partial charge >= 0.3 is 0 Å². The van der Waals surface area contributed by atoms with E-state index in [-0.39, 0.29) is 33.6 Å². The molecule has 18 heavy (non-hydrogen) atoms. The first-order chi connectivity index (χ1) is 8.52. The van der Waals surface area contributed by atoms with E-state index in [9.17, 15) is 15.0 Å². The number of phenols is 2. The number of hydrogen-bond donors (Lipinski definition) is 2. The molecule has 2 aromatic heterocycles. The summed E-state index contributed by atoms with van der Waals surface area (Å²) in [5.74, 6) is -0.295. The lowest BCUT2D eigenvalue weighted by Gasteiger charge is -2.10. The van der Waals surface area contributed by atoms with Gasteiger partial charge in [0.2, 0.25) is 5.71 Å². The molecule has 0 radical (unpaired) electrons. The van der Waals surface area contributed by atoms with Crippen molar-refractivity contribution in [1.29, 1.82) is 0 Å². The summed E-state index contributed by atoms with van der Waals surface area (Å²) < 4.78 is 6.87. The van der Waals surface area contributed by atoms with Crippen LogP contribution in [0.25, 0.3) is 16.7 Å². The third-order valence-electron chi connectivity index (χ3n) is 3.22. The maximum atomic E-state index is 12.2. The highest BCUT2D eigenvalue weighted by Crippen LogP contribution is 2.37. The van der Waals surface area contributed by atoms with E-state index in [0.29, 0.717) is 11.3 Å². The van der Waals surface area contributed by atoms with Gasteiger partial charge in [-0.15, -0.1) is 0 Å². The van der Waals surface area contributed by atoms with Crippen LogP contribution in [-0.2, 0) is 0 Å². The molecular weight excluding hydrogens is 234 g/mol. The Bertz CT molecular complexity index is 842. The van der Waals surface area contributed by atoms with Crippen LogP contribution in [0.2, 0.25) is 0 Å². The number of aromatic hydroxyl groups is 2. The molecule has 0 saturated heterocycles. The molecule has 2 heterocycles. The molecule has 0 fully saturated rings. The molecule has 5 nitrogen and oxygen atoms in total. The molecule has 2 N–H and O–H groups in total. The van der Waals surface area contributed by atoms with E-state index >= 15 is 0 Å². The number of rotatable bonds is 0. The van der Waals surface area contributed by atoms with Crippen LogP contribution in [0.1, 0.15) is 11.1 Å². The van der Waals surface area contributed by atoms with Crippen LogP contribution in [0, 0.1) is 13.8 Å². The van der Waals surface area contributed by atoms with Gasteiger partial charge in [-0.2, -0.15) is 0 Å². The van der Waals surface area contributed by atoms with Crippen molar-refractivity contribution < 1.29 is 14.6 Å². The standard InChI is InChI=1S/C13H11NO4/c1-6-10(15)7(2)12-9(11(6)16)13(17)14-5-3-4-8(14)18-12/h3-5,15-16H,1-2H3. The molecule has 0 spiro atoms. The molecular formula is C13H11NO4. The first kappa shape index (κ1) is 10.7. The van der Waals surface area contributed by atoms with Gasteiger partial charge in [0, 0.05) is 23.4 Å². The molecule has 0 aliphatic heterocycles. The largest absolute Gasteiger partial charge is 0.507 e. The maximum Gasteiger partial charge on any atom is 0.272 e. The quantitative estimate of drug-likeness (QED) is 0.635. The van der Waals surface area contributed by atoms with Gasteiger partial charge in [-0.25, -0.2) is 0 Å². The van der Waals surface area contributed by atoms with Crippen molar-refractivity contribution in [2.45, 2.75) is 13.8 Å². The van der Waals surface area contributed by atoms with E-state index in [1.165, 1.54) is 4.40 Å². The van der Waals surface area contributed by atoms with Crippen LogP contribution < -0.4 is 5.56 Å². The first-order valence-corrected chi connectivity index (χ1v) is 5.47. The fourth-order valence-corrected chi connectivity index (χ4v) is 2.15. The predicted molar refractivity (Wildman–Crippen MR) is 66.2 cm³/mol. The van der Waals surface area contributed by atoms with E-state index in [2.05, 4.69) is 0 Å². The first-order valence-electron chi connectivity index (χ1n) is 5.47. The monoisotopic (exact) mass is 245 g/mol. The minimum absolute atomic E-state index is 0.0564. The lowest BCUT2D eigenvalue weighted by Crippen LogP contribution is -2.12. The Morgan fingerprint density at radius 1 is 1.17 bits per heavy atom. The van der Waals surface area contributed by atoms with Crippen molar-refractivity contribution >= 4 is 16.7 Å². The zero-order valence-electron chi connectivity index (χ0n) is 9.89. The molecule has 0 saturated carbocycles. The second kappa shape index (κ2) is 3.29. The lowest BCUT2D eigenvalue weighted by atomic mass is 10.1. The molecule has 1 aromatic carbocycles. The van der Waals surface area contributed by atoms with Crippen molar-refractivity contribution in [3.63, 3.8) is 0 Å². The summed E-state index contributed by atoms with van der Waals surface area (Å²) in [5.41, 5.74) is 0.949. The number of hydrogen-bond acceptors (Lipinski definition) is 4. The van der Waals surface area contributed by atoms with Gasteiger partial charge in [-0.05, 0) is 19.9 Å². The number of nitrogens with zero attached hydrogens (tertiary/aromatic N) is 1. The van der Waals surface area contributed by atoms with E-state index in [1.807, 2.05) is 0 Å². The average molecular weight is 245 g/mol. The van der Waals surface area contributed by atoms with Crippen molar-refractivity contribution in [2.24, 2.45) is 0 Å². The van der Waals surface area contributed by atoms with Gasteiger partial charge in [-0.1, -0.05) is 0 Å². The van der Waals surface area contributed by atoms with Gasteiger partial charge in [0.15, 0.2) is 5.58 Å². The lowest BCUT2D eigenvalue weighted by molar-refractivity contribution is 0.442. The van der Waals surface area contributed by atoms with Crippen molar-refractivity contribution in [3.8, 4) is 11.5 Å². The topological polar surface area (TPSA) is 75.1 Å². The molecule has 0 aliphatic rings. The van der Waals surface area contributed by atoms with E-state index in [4.69, 9.17) is 4.42 Å². The summed E-state index contributed by atoms with van der Waals surface area (Å²) >= 11 is 0. The van der Waals surface area contributed by atoms with Crippen LogP contribution in [-0.4, -0.2) is 14.6 Å². The fraction of sp³-hybridized carbons (Fsp3) is 0.154. The highest BCUT2D eigenvalue weighted by molar-refractivity contribution is 5.89. The minimum Gasteiger partial charge on any atom is -0.507 e. The molecule has 3 aromatic rings. The van der Waals surface area contributed by atoms with E-state index < -0.39 is 0 Å². The second-order valence-electron chi connectivity index (χ2n) is 4.27. The second-order valence-corrected chi connectivity index (χ2v) is 4.27. The third kappa shape index (κ3) is 1.13. The normalized spacial score (nSPS) is 11.4. The Morgan fingerprint density at radius 2 is 1.89 bits per heavy atom. The molecule has 3 rings (SSSR count). The zero-order valence-corrected chi connectivity index (χ0v) is 9.89. The van der Waals surface area contributed by atoms with Crippen LogP contribution >= 0.6 is 0 Å². The van der Waals surface area contributed by atoms with Gasteiger partial charge < -0.3 is 14.6 Å². The van der Waals surface area contributed by atoms with Gasteiger partial charge in [-0.3, -0.25) is 9.20 Å². The Labute approximate surface area is 102 Å². The highest BCUT2D eigenvalue weighted by Gasteiger charge is 2.19. The number of aryl methyl sites for hydroxylation is 1. The van der Waals surface area contributed by atoms with Crippen molar-refractivity contribution in [1.82, 2.24) is 4.40 Å². The van der Waals surface area contributed by atoms with Crippen LogP contribution in [0.3, 0.4) is 0 Å². The predicted octanol–water partition coefficient (Wildman–Crippen LogP) is 2.07. The third-order valence-corrected chi connectivity index (χ3v) is 3.22. The Kier molecular flexibility index (Phi) is 1.96. The summed E-state index contributed by atoms with van der Waals surface area (Å²) in [6.07, 6.45) is 1.57. The van der Waals surface area contributed by atoms with Crippen LogP contribution in [0.4, 0.5) is 0 Å². The molecule has 0 bridgehead atoms. The summed E-state index contributed by atoms with van der Waals surface area (Å²) in [7, 11) is 0. The SMILES string of the molecule is Cc1c(O)c(C)c2oc3cccn3c(=O)c2c1O. The molecule has 0 amide bonds. The molecule has 5 heteroatoms. The molecule has 92 valence electrons. The number of benzene rings is 1. The minimum atomic E-state index is -0.361. The summed E-state index contributed by atoms with van der Waals surface area (Å²) in [6.45, 7) is 3.20. The summed E-state index contributed by atoms with van der Waals surface area (Å²) in [5, 5.41) is 20.0. The molecule has 0 atom stereocenters. The Hall–Kier alpha value is -2.43. The summed E-state index contributed by atoms with van der Waals surface area (Å²) in [4.78, 5) is 12.2. The van der Waals surface area contributed by atoms with E-state index in [0.717, 1.165) is 0 Å². The zero-order chi connectivity index (χ0) is 13.0. The smallest absolute Gasteiger partial charge is 0.272 e. The number of aromatic nitrogens is 1. The average Bonchev–Trinajstić information content (AvgIpc) is 2.82. The van der Waals surface area contributed by atoms with Crippen molar-refractivity contribution in [2.75, 3.05) is 0 Å². The van der Waals surface area contributed by atoms with Crippen molar-refractivity contribution in [3.05, 3.63) is 39.8 Å².